The van der Waals surface area contributed by atoms with Crippen LogP contribution in [0.4, 0.5) is 0 Å². The van der Waals surface area contributed by atoms with Crippen molar-refractivity contribution in [1.29, 1.82) is 0 Å². The summed E-state index contributed by atoms with van der Waals surface area (Å²) in [7, 11) is 1.74. The summed E-state index contributed by atoms with van der Waals surface area (Å²) >= 11 is 0. The van der Waals surface area contributed by atoms with Gasteiger partial charge in [0, 0.05) is 20.0 Å². The van der Waals surface area contributed by atoms with Gasteiger partial charge < -0.3 is 10.8 Å². The number of hydrogen-bond donors (Lipinski definition) is 2. The van der Waals surface area contributed by atoms with Crippen LogP contribution in [-0.2, 0) is 23.7 Å². The van der Waals surface area contributed by atoms with E-state index < -0.39 is 11.4 Å². The largest absolute Gasteiger partial charge is 0.481 e. The highest BCUT2D eigenvalue weighted by molar-refractivity contribution is 5.82. The molecule has 1 aromatic carbocycles. The quantitative estimate of drug-likeness (QED) is 0.834. The molecule has 20 heavy (non-hydrogen) atoms. The van der Waals surface area contributed by atoms with Crippen LogP contribution in [0.15, 0.2) is 30.6 Å². The van der Waals surface area contributed by atoms with Crippen molar-refractivity contribution in [3.05, 3.63) is 47.5 Å². The maximum atomic E-state index is 11.9. The number of nitrogens with zero attached hydrogens (tertiary/aromatic N) is 3. The van der Waals surface area contributed by atoms with Crippen LogP contribution >= 0.6 is 0 Å². The molecule has 0 aliphatic carbocycles. The fourth-order valence-corrected chi connectivity index (χ4v) is 2.27. The van der Waals surface area contributed by atoms with Gasteiger partial charge in [0.1, 0.15) is 17.6 Å². The summed E-state index contributed by atoms with van der Waals surface area (Å²) in [5.74, 6) is -0.354. The van der Waals surface area contributed by atoms with Crippen LogP contribution < -0.4 is 5.73 Å². The van der Waals surface area contributed by atoms with E-state index in [1.165, 1.54) is 6.33 Å². The SMILES string of the molecule is Cc1cccc(C(CN)(Cc2ncnn2C)C(=O)O)c1. The number of carboxylic acid groups (broad SMARTS) is 1. The van der Waals surface area contributed by atoms with E-state index in [4.69, 9.17) is 5.73 Å². The number of aliphatic carboxylic acids is 1. The molecule has 1 aromatic heterocycles. The predicted molar refractivity (Wildman–Crippen MR) is 74.3 cm³/mol. The van der Waals surface area contributed by atoms with Crippen molar-refractivity contribution in [2.75, 3.05) is 6.54 Å². The summed E-state index contributed by atoms with van der Waals surface area (Å²) in [4.78, 5) is 16.0. The van der Waals surface area contributed by atoms with Gasteiger partial charge in [-0.15, -0.1) is 0 Å². The van der Waals surface area contributed by atoms with E-state index in [-0.39, 0.29) is 13.0 Å². The van der Waals surface area contributed by atoms with Gasteiger partial charge in [-0.3, -0.25) is 9.48 Å². The van der Waals surface area contributed by atoms with Gasteiger partial charge >= 0.3 is 5.97 Å². The van der Waals surface area contributed by atoms with Crippen molar-refractivity contribution in [2.24, 2.45) is 12.8 Å². The Labute approximate surface area is 117 Å². The molecule has 6 nitrogen and oxygen atoms in total. The number of aryl methyl sites for hydroxylation is 2. The van der Waals surface area contributed by atoms with E-state index in [0.29, 0.717) is 11.4 Å². The third-order valence-electron chi connectivity index (χ3n) is 3.59. The van der Waals surface area contributed by atoms with E-state index in [1.807, 2.05) is 25.1 Å². The molecule has 0 fully saturated rings. The summed E-state index contributed by atoms with van der Waals surface area (Å²) in [5, 5.41) is 13.7. The molecule has 1 heterocycles. The molecule has 0 radical (unpaired) electrons. The zero-order valence-corrected chi connectivity index (χ0v) is 11.6. The summed E-state index contributed by atoms with van der Waals surface area (Å²) in [6, 6.07) is 7.42. The van der Waals surface area contributed by atoms with Crippen LogP contribution in [0, 0.1) is 6.92 Å². The number of hydrogen-bond acceptors (Lipinski definition) is 4. The molecule has 2 aromatic rings. The zero-order valence-electron chi connectivity index (χ0n) is 11.6. The van der Waals surface area contributed by atoms with Crippen LogP contribution in [0.25, 0.3) is 0 Å². The molecular formula is C14H18N4O2. The Bertz CT molecular complexity index is 623. The molecule has 3 N–H and O–H groups in total. The highest BCUT2D eigenvalue weighted by Gasteiger charge is 2.40. The van der Waals surface area contributed by atoms with Crippen LogP contribution in [0.2, 0.25) is 0 Å². The normalized spacial score (nSPS) is 13.9. The Morgan fingerprint density at radius 3 is 2.75 bits per heavy atom. The van der Waals surface area contributed by atoms with Gasteiger partial charge in [-0.05, 0) is 12.5 Å². The van der Waals surface area contributed by atoms with Crippen molar-refractivity contribution < 1.29 is 9.90 Å². The highest BCUT2D eigenvalue weighted by atomic mass is 16.4. The Kier molecular flexibility index (Phi) is 3.85. The number of carboxylic acids is 1. The molecule has 1 atom stereocenters. The second-order valence-corrected chi connectivity index (χ2v) is 4.94. The van der Waals surface area contributed by atoms with Gasteiger partial charge in [-0.1, -0.05) is 29.8 Å². The minimum Gasteiger partial charge on any atom is -0.481 e. The van der Waals surface area contributed by atoms with Crippen molar-refractivity contribution in [1.82, 2.24) is 14.8 Å². The molecule has 0 aliphatic heterocycles. The molecule has 2 rings (SSSR count). The first-order valence-electron chi connectivity index (χ1n) is 6.33. The minimum absolute atomic E-state index is 0.00134. The third-order valence-corrected chi connectivity index (χ3v) is 3.59. The lowest BCUT2D eigenvalue weighted by molar-refractivity contribution is -0.143. The molecule has 0 bridgehead atoms. The van der Waals surface area contributed by atoms with E-state index in [9.17, 15) is 9.90 Å². The average Bonchev–Trinajstić information content (AvgIpc) is 2.81. The number of aromatic nitrogens is 3. The molecule has 0 saturated heterocycles. The second kappa shape index (κ2) is 5.42. The van der Waals surface area contributed by atoms with Gasteiger partial charge in [0.2, 0.25) is 0 Å². The number of rotatable bonds is 5. The highest BCUT2D eigenvalue weighted by Crippen LogP contribution is 2.28. The molecule has 1 unspecified atom stereocenters. The standard InChI is InChI=1S/C14H18N4O2/c1-10-4-3-5-11(6-10)14(8-15,13(19)20)7-12-16-9-17-18(12)2/h3-6,9H,7-8,15H2,1-2H3,(H,19,20). The second-order valence-electron chi connectivity index (χ2n) is 4.94. The monoisotopic (exact) mass is 274 g/mol. The average molecular weight is 274 g/mol. The van der Waals surface area contributed by atoms with Gasteiger partial charge in [0.25, 0.3) is 0 Å². The van der Waals surface area contributed by atoms with Gasteiger partial charge in [0.05, 0.1) is 0 Å². The minimum atomic E-state index is -1.19. The predicted octanol–water partition coefficient (Wildman–Crippen LogP) is 0.647. The fourth-order valence-electron chi connectivity index (χ4n) is 2.27. The summed E-state index contributed by atoms with van der Waals surface area (Å²) in [5.41, 5.74) is 6.32. The Morgan fingerprint density at radius 2 is 2.25 bits per heavy atom. The van der Waals surface area contributed by atoms with Crippen LogP contribution in [-0.4, -0.2) is 32.4 Å². The maximum Gasteiger partial charge on any atom is 0.315 e. The smallest absolute Gasteiger partial charge is 0.315 e. The molecular weight excluding hydrogens is 256 g/mol. The molecule has 0 amide bonds. The first-order chi connectivity index (χ1) is 9.49. The lowest BCUT2D eigenvalue weighted by Crippen LogP contribution is -2.45. The molecule has 0 aliphatic rings. The number of carbonyl (C=O) groups is 1. The van der Waals surface area contributed by atoms with E-state index in [2.05, 4.69) is 10.1 Å². The first-order valence-corrected chi connectivity index (χ1v) is 6.33. The maximum absolute atomic E-state index is 11.9. The lowest BCUT2D eigenvalue weighted by atomic mass is 9.77. The van der Waals surface area contributed by atoms with Crippen molar-refractivity contribution in [3.63, 3.8) is 0 Å². The van der Waals surface area contributed by atoms with Crippen LogP contribution in [0.3, 0.4) is 0 Å². The summed E-state index contributed by atoms with van der Waals surface area (Å²) in [6.45, 7) is 1.92. The topological polar surface area (TPSA) is 94.0 Å². The first kappa shape index (κ1) is 14.2. The van der Waals surface area contributed by atoms with E-state index in [1.54, 1.807) is 17.8 Å². The van der Waals surface area contributed by atoms with Crippen molar-refractivity contribution >= 4 is 5.97 Å². The molecule has 6 heteroatoms. The van der Waals surface area contributed by atoms with Crippen molar-refractivity contribution in [2.45, 2.75) is 18.8 Å². The lowest BCUT2D eigenvalue weighted by Gasteiger charge is -2.28. The number of benzene rings is 1. The van der Waals surface area contributed by atoms with E-state index in [0.717, 1.165) is 5.56 Å². The van der Waals surface area contributed by atoms with Crippen LogP contribution in [0.5, 0.6) is 0 Å². The zero-order chi connectivity index (χ0) is 14.8. The molecule has 106 valence electrons. The van der Waals surface area contributed by atoms with Crippen LogP contribution in [0.1, 0.15) is 17.0 Å². The fraction of sp³-hybridized carbons (Fsp3) is 0.357. The summed E-state index contributed by atoms with van der Waals surface area (Å²) in [6.07, 6.45) is 1.62. The summed E-state index contributed by atoms with van der Waals surface area (Å²) < 4.78 is 1.57. The molecule has 0 spiro atoms. The van der Waals surface area contributed by atoms with Gasteiger partial charge in [-0.25, -0.2) is 4.98 Å². The van der Waals surface area contributed by atoms with Crippen molar-refractivity contribution in [3.8, 4) is 0 Å². The molecule has 0 saturated carbocycles. The van der Waals surface area contributed by atoms with E-state index >= 15 is 0 Å². The Balaban J connectivity index is 2.51. The Morgan fingerprint density at radius 1 is 1.50 bits per heavy atom. The van der Waals surface area contributed by atoms with Gasteiger partial charge in [0.15, 0.2) is 0 Å². The Hall–Kier alpha value is -2.21. The van der Waals surface area contributed by atoms with Gasteiger partial charge in [-0.2, -0.15) is 5.10 Å². The number of nitrogens with two attached hydrogens (primary N) is 1. The third kappa shape index (κ3) is 2.42.